The summed E-state index contributed by atoms with van der Waals surface area (Å²) in [6, 6.07) is 0.123. The topological polar surface area (TPSA) is 61.8 Å². The molecule has 98 valence electrons. The summed E-state index contributed by atoms with van der Waals surface area (Å²) < 4.78 is 5.37. The number of aliphatic hydroxyl groups excluding tert-OH is 1. The van der Waals surface area contributed by atoms with E-state index < -0.39 is 0 Å². The maximum atomic E-state index is 12.4. The Morgan fingerprint density at radius 1 is 1.47 bits per heavy atom. The Morgan fingerprint density at radius 2 is 2.29 bits per heavy atom. The van der Waals surface area contributed by atoms with Crippen LogP contribution in [0.25, 0.3) is 0 Å². The summed E-state index contributed by atoms with van der Waals surface area (Å²) in [6.45, 7) is 1.95. The molecule has 17 heavy (non-hydrogen) atoms. The van der Waals surface area contributed by atoms with Gasteiger partial charge in [-0.15, -0.1) is 0 Å². The summed E-state index contributed by atoms with van der Waals surface area (Å²) in [6.07, 6.45) is 3.06. The number of ether oxygens (including phenoxy) is 1. The van der Waals surface area contributed by atoms with Crippen LogP contribution in [-0.4, -0.2) is 61.4 Å². The van der Waals surface area contributed by atoms with Crippen molar-refractivity contribution in [2.24, 2.45) is 5.92 Å². The van der Waals surface area contributed by atoms with Crippen LogP contribution in [0.4, 0.5) is 0 Å². The van der Waals surface area contributed by atoms with Crippen molar-refractivity contribution in [2.75, 3.05) is 33.4 Å². The first-order valence-corrected chi connectivity index (χ1v) is 6.44. The second-order valence-electron chi connectivity index (χ2n) is 4.90. The molecular weight excluding hydrogens is 220 g/mol. The van der Waals surface area contributed by atoms with E-state index >= 15 is 0 Å². The Kier molecular flexibility index (Phi) is 4.36. The van der Waals surface area contributed by atoms with Crippen molar-refractivity contribution in [3.63, 3.8) is 0 Å². The van der Waals surface area contributed by atoms with Crippen molar-refractivity contribution in [1.82, 2.24) is 10.2 Å². The van der Waals surface area contributed by atoms with Crippen LogP contribution in [0.1, 0.15) is 19.3 Å². The number of hydrogen-bond donors (Lipinski definition) is 2. The fourth-order valence-corrected chi connectivity index (χ4v) is 2.78. The molecule has 0 bridgehead atoms. The third kappa shape index (κ3) is 2.61. The number of rotatable bonds is 3. The van der Waals surface area contributed by atoms with E-state index in [1.807, 2.05) is 11.9 Å². The molecule has 3 unspecified atom stereocenters. The number of carbonyl (C=O) groups is 1. The Morgan fingerprint density at radius 3 is 3.00 bits per heavy atom. The summed E-state index contributed by atoms with van der Waals surface area (Å²) >= 11 is 0. The van der Waals surface area contributed by atoms with Gasteiger partial charge < -0.3 is 20.1 Å². The minimum Gasteiger partial charge on any atom is -0.394 e. The molecule has 2 fully saturated rings. The highest BCUT2D eigenvalue weighted by atomic mass is 16.5. The third-order valence-corrected chi connectivity index (χ3v) is 3.89. The van der Waals surface area contributed by atoms with Crippen LogP contribution in [0.5, 0.6) is 0 Å². The van der Waals surface area contributed by atoms with Crippen LogP contribution in [0.3, 0.4) is 0 Å². The lowest BCUT2D eigenvalue weighted by molar-refractivity contribution is -0.140. The predicted octanol–water partition coefficient (Wildman–Crippen LogP) is -0.406. The quantitative estimate of drug-likeness (QED) is 0.706. The lowest BCUT2D eigenvalue weighted by atomic mass is 9.97. The predicted molar refractivity (Wildman–Crippen MR) is 63.6 cm³/mol. The van der Waals surface area contributed by atoms with Gasteiger partial charge in [-0.1, -0.05) is 0 Å². The largest absolute Gasteiger partial charge is 0.394 e. The number of amides is 1. The van der Waals surface area contributed by atoms with Crippen molar-refractivity contribution in [1.29, 1.82) is 0 Å². The first-order valence-electron chi connectivity index (χ1n) is 6.44. The molecule has 2 aliphatic rings. The highest BCUT2D eigenvalue weighted by molar-refractivity contribution is 5.80. The van der Waals surface area contributed by atoms with E-state index in [1.165, 1.54) is 0 Å². The van der Waals surface area contributed by atoms with Crippen LogP contribution in [-0.2, 0) is 9.53 Å². The number of nitrogens with zero attached hydrogens (tertiary/aromatic N) is 1. The molecule has 0 aromatic carbocycles. The summed E-state index contributed by atoms with van der Waals surface area (Å²) in [4.78, 5) is 14.3. The van der Waals surface area contributed by atoms with Crippen molar-refractivity contribution >= 4 is 5.91 Å². The fourth-order valence-electron chi connectivity index (χ4n) is 2.78. The van der Waals surface area contributed by atoms with Crippen molar-refractivity contribution in [3.05, 3.63) is 0 Å². The molecular formula is C12H22N2O3. The number of hydrogen-bond acceptors (Lipinski definition) is 4. The third-order valence-electron chi connectivity index (χ3n) is 3.89. The highest BCUT2D eigenvalue weighted by Gasteiger charge is 2.38. The van der Waals surface area contributed by atoms with Gasteiger partial charge in [-0.05, 0) is 26.3 Å². The summed E-state index contributed by atoms with van der Waals surface area (Å²) in [5, 5.41) is 12.5. The Hall–Kier alpha value is -0.650. The number of aliphatic hydroxyl groups is 1. The minimum atomic E-state index is -0.0906. The second-order valence-corrected chi connectivity index (χ2v) is 4.90. The molecule has 2 N–H and O–H groups in total. The van der Waals surface area contributed by atoms with Gasteiger partial charge in [0.25, 0.3) is 0 Å². The maximum absolute atomic E-state index is 12.4. The second kappa shape index (κ2) is 5.80. The molecule has 2 heterocycles. The summed E-state index contributed by atoms with van der Waals surface area (Å²) in [5.41, 5.74) is 0. The average Bonchev–Trinajstić information content (AvgIpc) is 2.86. The molecule has 0 aromatic heterocycles. The molecule has 0 aliphatic carbocycles. The van der Waals surface area contributed by atoms with E-state index in [9.17, 15) is 9.90 Å². The normalized spacial score (nSPS) is 34.0. The zero-order valence-electron chi connectivity index (χ0n) is 10.4. The van der Waals surface area contributed by atoms with E-state index in [-0.39, 0.29) is 30.5 Å². The molecule has 2 saturated heterocycles. The number of carbonyl (C=O) groups excluding carboxylic acids is 1. The van der Waals surface area contributed by atoms with Crippen LogP contribution in [0, 0.1) is 5.92 Å². The van der Waals surface area contributed by atoms with Crippen LogP contribution in [0.2, 0.25) is 0 Å². The lowest BCUT2D eigenvalue weighted by Gasteiger charge is -2.36. The average molecular weight is 242 g/mol. The molecule has 1 amide bonds. The zero-order valence-corrected chi connectivity index (χ0v) is 10.4. The maximum Gasteiger partial charge on any atom is 0.230 e. The van der Waals surface area contributed by atoms with Gasteiger partial charge >= 0.3 is 0 Å². The Labute approximate surface area is 102 Å². The molecule has 0 radical (unpaired) electrons. The standard InChI is InChI=1S/C12H22N2O3/c1-13-11-8-17-7-10(11)12(16)14-5-3-2-4-9(14)6-15/h9-11,13,15H,2-8H2,1H3. The van der Waals surface area contributed by atoms with Crippen molar-refractivity contribution < 1.29 is 14.6 Å². The summed E-state index contributed by atoms with van der Waals surface area (Å²) in [7, 11) is 1.86. The first-order chi connectivity index (χ1) is 8.27. The molecule has 5 nitrogen and oxygen atoms in total. The van der Waals surface area contributed by atoms with Gasteiger partial charge in [0.1, 0.15) is 0 Å². The van der Waals surface area contributed by atoms with Crippen LogP contribution in [0.15, 0.2) is 0 Å². The molecule has 2 aliphatic heterocycles. The van der Waals surface area contributed by atoms with E-state index in [0.29, 0.717) is 13.2 Å². The van der Waals surface area contributed by atoms with E-state index in [2.05, 4.69) is 5.32 Å². The number of nitrogens with one attached hydrogen (secondary N) is 1. The van der Waals surface area contributed by atoms with Gasteiger partial charge in [-0.25, -0.2) is 0 Å². The minimum absolute atomic E-state index is 0.00866. The van der Waals surface area contributed by atoms with E-state index in [0.717, 1.165) is 25.8 Å². The first kappa shape index (κ1) is 12.8. The SMILES string of the molecule is CNC1COCC1C(=O)N1CCCCC1CO. The van der Waals surface area contributed by atoms with Crippen LogP contribution < -0.4 is 5.32 Å². The molecule has 2 rings (SSSR count). The van der Waals surface area contributed by atoms with E-state index in [1.54, 1.807) is 0 Å². The van der Waals surface area contributed by atoms with Gasteiger partial charge in [0.05, 0.1) is 31.8 Å². The monoisotopic (exact) mass is 242 g/mol. The van der Waals surface area contributed by atoms with Gasteiger partial charge in [-0.3, -0.25) is 4.79 Å². The number of likely N-dealkylation sites (N-methyl/N-ethyl adjacent to an activating group) is 1. The molecule has 5 heteroatoms. The number of piperidine rings is 1. The zero-order chi connectivity index (χ0) is 12.3. The Balaban J connectivity index is 2.02. The summed E-state index contributed by atoms with van der Waals surface area (Å²) in [5.74, 6) is 0.0488. The van der Waals surface area contributed by atoms with Crippen LogP contribution >= 0.6 is 0 Å². The van der Waals surface area contributed by atoms with Gasteiger partial charge in [-0.2, -0.15) is 0 Å². The smallest absolute Gasteiger partial charge is 0.230 e. The van der Waals surface area contributed by atoms with Gasteiger partial charge in [0.2, 0.25) is 5.91 Å². The molecule has 0 saturated carbocycles. The highest BCUT2D eigenvalue weighted by Crippen LogP contribution is 2.23. The lowest BCUT2D eigenvalue weighted by Crippen LogP contribution is -2.51. The van der Waals surface area contributed by atoms with Gasteiger partial charge in [0.15, 0.2) is 0 Å². The Bertz CT molecular complexity index is 272. The van der Waals surface area contributed by atoms with Gasteiger partial charge in [0, 0.05) is 12.6 Å². The van der Waals surface area contributed by atoms with Crippen molar-refractivity contribution in [3.8, 4) is 0 Å². The number of likely N-dealkylation sites (tertiary alicyclic amines) is 1. The molecule has 0 spiro atoms. The van der Waals surface area contributed by atoms with E-state index in [4.69, 9.17) is 4.74 Å². The van der Waals surface area contributed by atoms with Crippen molar-refractivity contribution in [2.45, 2.75) is 31.3 Å². The molecule has 3 atom stereocenters. The molecule has 0 aromatic rings. The fraction of sp³-hybridized carbons (Fsp3) is 0.917.